The van der Waals surface area contributed by atoms with Gasteiger partial charge >= 0.3 is 11.8 Å². The quantitative estimate of drug-likeness (QED) is 0.709. The average molecular weight is 367 g/mol. The van der Waals surface area contributed by atoms with Crippen molar-refractivity contribution in [1.82, 2.24) is 15.5 Å². The summed E-state index contributed by atoms with van der Waals surface area (Å²) in [7, 11) is 0. The molecule has 2 heterocycles. The molecule has 6 nitrogen and oxygen atoms in total. The van der Waals surface area contributed by atoms with Crippen LogP contribution in [0.15, 0.2) is 27.1 Å². The molecule has 0 bridgehead atoms. The number of aryl methyl sites for hydroxylation is 2. The van der Waals surface area contributed by atoms with E-state index in [1.54, 1.807) is 0 Å². The number of carbonyl (C=O) groups is 1. The highest BCUT2D eigenvalue weighted by Crippen LogP contribution is 2.33. The Labute approximate surface area is 158 Å². The van der Waals surface area contributed by atoms with Crippen molar-refractivity contribution in [3.05, 3.63) is 35.2 Å². The highest BCUT2D eigenvalue weighted by Gasteiger charge is 2.23. The molecule has 1 N–H and O–H groups in total. The maximum atomic E-state index is 12.5. The lowest BCUT2D eigenvalue weighted by Crippen LogP contribution is -2.35. The SMILES string of the molecule is Cc1c(-c2noc(C(=O)NC3CCCCCCC3)n2)oc2c(C)cccc12. The van der Waals surface area contributed by atoms with Crippen LogP contribution in [0, 0.1) is 13.8 Å². The van der Waals surface area contributed by atoms with Gasteiger partial charge in [-0.25, -0.2) is 0 Å². The number of rotatable bonds is 3. The number of para-hydroxylation sites is 1. The average Bonchev–Trinajstić information content (AvgIpc) is 3.23. The summed E-state index contributed by atoms with van der Waals surface area (Å²) in [6, 6.07) is 6.18. The van der Waals surface area contributed by atoms with E-state index in [0.29, 0.717) is 11.6 Å². The lowest BCUT2D eigenvalue weighted by Gasteiger charge is -2.19. The van der Waals surface area contributed by atoms with Gasteiger partial charge in [0.2, 0.25) is 5.82 Å². The zero-order valence-electron chi connectivity index (χ0n) is 15.9. The van der Waals surface area contributed by atoms with E-state index in [1.165, 1.54) is 19.3 Å². The van der Waals surface area contributed by atoms with Crippen LogP contribution in [0.1, 0.15) is 66.8 Å². The van der Waals surface area contributed by atoms with Crippen molar-refractivity contribution >= 4 is 16.9 Å². The zero-order chi connectivity index (χ0) is 18.8. The fourth-order valence-corrected chi connectivity index (χ4v) is 3.85. The number of furan rings is 1. The number of amides is 1. The highest BCUT2D eigenvalue weighted by molar-refractivity contribution is 5.91. The van der Waals surface area contributed by atoms with Crippen LogP contribution >= 0.6 is 0 Å². The van der Waals surface area contributed by atoms with Gasteiger partial charge < -0.3 is 14.3 Å². The van der Waals surface area contributed by atoms with E-state index in [1.807, 2.05) is 32.0 Å². The number of aromatic nitrogens is 2. The smallest absolute Gasteiger partial charge is 0.316 e. The minimum Gasteiger partial charge on any atom is -0.452 e. The van der Waals surface area contributed by atoms with Gasteiger partial charge in [0.15, 0.2) is 5.76 Å². The molecule has 27 heavy (non-hydrogen) atoms. The van der Waals surface area contributed by atoms with Gasteiger partial charge in [-0.15, -0.1) is 0 Å². The van der Waals surface area contributed by atoms with Crippen molar-refractivity contribution in [1.29, 1.82) is 0 Å². The standard InChI is InChI=1S/C21H25N3O3/c1-13-9-8-12-16-14(2)18(26-17(13)16)19-23-21(27-24-19)20(25)22-15-10-6-4-3-5-7-11-15/h8-9,12,15H,3-7,10-11H2,1-2H3,(H,22,25). The summed E-state index contributed by atoms with van der Waals surface area (Å²) in [5, 5.41) is 8.05. The van der Waals surface area contributed by atoms with Crippen LogP contribution in [0.25, 0.3) is 22.6 Å². The second kappa shape index (κ2) is 7.55. The highest BCUT2D eigenvalue weighted by atomic mass is 16.5. The molecule has 2 aromatic heterocycles. The maximum Gasteiger partial charge on any atom is 0.316 e. The summed E-state index contributed by atoms with van der Waals surface area (Å²) in [6.45, 7) is 3.96. The van der Waals surface area contributed by atoms with E-state index in [-0.39, 0.29) is 17.8 Å². The second-order valence-corrected chi connectivity index (χ2v) is 7.45. The molecule has 0 spiro atoms. The van der Waals surface area contributed by atoms with Gasteiger partial charge in [-0.2, -0.15) is 4.98 Å². The molecule has 1 saturated carbocycles. The molecule has 0 atom stereocenters. The summed E-state index contributed by atoms with van der Waals surface area (Å²) in [5.74, 6) is 0.548. The summed E-state index contributed by atoms with van der Waals surface area (Å²) in [5.41, 5.74) is 2.81. The van der Waals surface area contributed by atoms with Crippen LogP contribution in [-0.2, 0) is 0 Å². The number of nitrogens with one attached hydrogen (secondary N) is 1. The van der Waals surface area contributed by atoms with Crippen LogP contribution in [-0.4, -0.2) is 22.1 Å². The lowest BCUT2D eigenvalue weighted by molar-refractivity contribution is 0.0886. The first-order valence-electron chi connectivity index (χ1n) is 9.77. The molecular weight excluding hydrogens is 342 g/mol. The van der Waals surface area contributed by atoms with E-state index < -0.39 is 0 Å². The molecule has 0 radical (unpaired) electrons. The molecule has 1 amide bonds. The summed E-state index contributed by atoms with van der Waals surface area (Å²) < 4.78 is 11.2. The van der Waals surface area contributed by atoms with Crippen molar-refractivity contribution < 1.29 is 13.7 Å². The molecule has 1 aliphatic rings. The summed E-state index contributed by atoms with van der Waals surface area (Å²) >= 11 is 0. The Morgan fingerprint density at radius 1 is 1.11 bits per heavy atom. The fourth-order valence-electron chi connectivity index (χ4n) is 3.85. The molecule has 142 valence electrons. The first-order valence-corrected chi connectivity index (χ1v) is 9.77. The molecule has 1 fully saturated rings. The Morgan fingerprint density at radius 2 is 1.85 bits per heavy atom. The molecular formula is C21H25N3O3. The molecule has 3 aromatic rings. The van der Waals surface area contributed by atoms with Gasteiger partial charge in [0.25, 0.3) is 0 Å². The van der Waals surface area contributed by atoms with E-state index in [9.17, 15) is 4.79 Å². The third-order valence-corrected chi connectivity index (χ3v) is 5.42. The number of fused-ring (bicyclic) bond motifs is 1. The Balaban J connectivity index is 1.54. The summed E-state index contributed by atoms with van der Waals surface area (Å²) in [4.78, 5) is 16.8. The van der Waals surface area contributed by atoms with Gasteiger partial charge in [0, 0.05) is 17.0 Å². The zero-order valence-corrected chi connectivity index (χ0v) is 15.9. The Hall–Kier alpha value is -2.63. The predicted molar refractivity (Wildman–Crippen MR) is 103 cm³/mol. The number of carbonyl (C=O) groups excluding carboxylic acids is 1. The third-order valence-electron chi connectivity index (χ3n) is 5.42. The minimum atomic E-state index is -0.302. The van der Waals surface area contributed by atoms with Crippen LogP contribution in [0.2, 0.25) is 0 Å². The third kappa shape index (κ3) is 3.61. The first kappa shape index (κ1) is 17.8. The molecule has 0 aliphatic heterocycles. The van der Waals surface area contributed by atoms with Gasteiger partial charge in [-0.1, -0.05) is 55.5 Å². The van der Waals surface area contributed by atoms with E-state index >= 15 is 0 Å². The topological polar surface area (TPSA) is 81.2 Å². The number of benzene rings is 1. The van der Waals surface area contributed by atoms with Crippen LogP contribution < -0.4 is 5.32 Å². The van der Waals surface area contributed by atoms with Crippen molar-refractivity contribution in [3.8, 4) is 11.6 Å². The normalized spacial score (nSPS) is 16.2. The van der Waals surface area contributed by atoms with Gasteiger partial charge in [-0.05, 0) is 32.3 Å². The van der Waals surface area contributed by atoms with Gasteiger partial charge in [-0.3, -0.25) is 4.79 Å². The number of hydrogen-bond donors (Lipinski definition) is 1. The lowest BCUT2D eigenvalue weighted by atomic mass is 9.97. The van der Waals surface area contributed by atoms with Gasteiger partial charge in [0.05, 0.1) is 0 Å². The molecule has 6 heteroatoms. The Kier molecular flexibility index (Phi) is 4.97. The van der Waals surface area contributed by atoms with E-state index in [4.69, 9.17) is 8.94 Å². The first-order chi connectivity index (χ1) is 13.1. The summed E-state index contributed by atoms with van der Waals surface area (Å²) in [6.07, 6.45) is 8.09. The molecule has 0 unspecified atom stereocenters. The fraction of sp³-hybridized carbons (Fsp3) is 0.476. The largest absolute Gasteiger partial charge is 0.452 e. The van der Waals surface area contributed by atoms with Crippen molar-refractivity contribution in [3.63, 3.8) is 0 Å². The second-order valence-electron chi connectivity index (χ2n) is 7.45. The van der Waals surface area contributed by atoms with Crippen LogP contribution in [0.3, 0.4) is 0 Å². The van der Waals surface area contributed by atoms with Gasteiger partial charge in [0.1, 0.15) is 5.58 Å². The predicted octanol–water partition coefficient (Wildman–Crippen LogP) is 4.94. The van der Waals surface area contributed by atoms with Crippen LogP contribution in [0.4, 0.5) is 0 Å². The number of hydrogen-bond acceptors (Lipinski definition) is 5. The molecule has 1 aromatic carbocycles. The number of nitrogens with zero attached hydrogens (tertiary/aromatic N) is 2. The van der Waals surface area contributed by atoms with Crippen LogP contribution in [0.5, 0.6) is 0 Å². The van der Waals surface area contributed by atoms with Crippen molar-refractivity contribution in [2.75, 3.05) is 0 Å². The molecule has 4 rings (SSSR count). The van der Waals surface area contributed by atoms with Crippen molar-refractivity contribution in [2.24, 2.45) is 0 Å². The Morgan fingerprint density at radius 3 is 2.59 bits per heavy atom. The molecule has 1 aliphatic carbocycles. The monoisotopic (exact) mass is 367 g/mol. The van der Waals surface area contributed by atoms with E-state index in [2.05, 4.69) is 15.5 Å². The minimum absolute atomic E-state index is 0.0105. The Bertz CT molecular complexity index is 949. The molecule has 0 saturated heterocycles. The van der Waals surface area contributed by atoms with E-state index in [0.717, 1.165) is 47.8 Å². The van der Waals surface area contributed by atoms with Crippen molar-refractivity contribution in [2.45, 2.75) is 64.8 Å². The maximum absolute atomic E-state index is 12.5.